The number of carboxylic acids is 1. The number of carboxylic acid groups (broad SMARTS) is 1. The molecule has 1 amide bonds. The van der Waals surface area contributed by atoms with Gasteiger partial charge in [-0.3, -0.25) is 13.8 Å². The van der Waals surface area contributed by atoms with Crippen LogP contribution in [-0.2, 0) is 33.4 Å². The fourth-order valence-electron chi connectivity index (χ4n) is 1.71. The van der Waals surface area contributed by atoms with E-state index in [0.29, 0.717) is 0 Å². The molecule has 0 bridgehead atoms. The van der Waals surface area contributed by atoms with Crippen molar-refractivity contribution in [1.29, 1.82) is 0 Å². The summed E-state index contributed by atoms with van der Waals surface area (Å²) in [6, 6.07) is 0. The minimum absolute atomic E-state index is 0. The summed E-state index contributed by atoms with van der Waals surface area (Å²) in [4.78, 5) is 33.2. The number of hydrogen-bond acceptors (Lipinski definition) is 7. The van der Waals surface area contributed by atoms with Gasteiger partial charge in [-0.2, -0.15) is 8.42 Å². The molecule has 0 spiro atoms. The van der Waals surface area contributed by atoms with Gasteiger partial charge in [-0.1, -0.05) is 20.8 Å². The number of esters is 1. The van der Waals surface area contributed by atoms with Crippen LogP contribution in [0.2, 0.25) is 0 Å². The Labute approximate surface area is 147 Å². The van der Waals surface area contributed by atoms with Crippen molar-refractivity contribution in [1.82, 2.24) is 5.32 Å². The standard InChI is InChI=1S/C13H23NO8S.ClH/c1-6-10(14-8(2)15)23(19,20)21-7-13(4,5)11(12(17)18)22-9(3)16;/h10-11H,6-7H2,1-5H3,(H,14,15)(H,17,18);1H/t10?,11-;/m0./s1. The van der Waals surface area contributed by atoms with E-state index in [4.69, 9.17) is 14.0 Å². The van der Waals surface area contributed by atoms with Crippen LogP contribution >= 0.6 is 12.4 Å². The lowest BCUT2D eigenvalue weighted by atomic mass is 9.87. The second-order valence-corrected chi connectivity index (χ2v) is 7.46. The van der Waals surface area contributed by atoms with E-state index < -0.39 is 51.5 Å². The van der Waals surface area contributed by atoms with E-state index in [-0.39, 0.29) is 18.8 Å². The van der Waals surface area contributed by atoms with Gasteiger partial charge in [-0.25, -0.2) is 4.79 Å². The molecule has 0 aliphatic heterocycles. The summed E-state index contributed by atoms with van der Waals surface area (Å²) < 4.78 is 33.7. The van der Waals surface area contributed by atoms with Crippen LogP contribution in [0.25, 0.3) is 0 Å². The largest absolute Gasteiger partial charge is 0.478 e. The predicted molar refractivity (Wildman–Crippen MR) is 87.0 cm³/mol. The van der Waals surface area contributed by atoms with Crippen molar-refractivity contribution in [2.24, 2.45) is 5.41 Å². The number of rotatable bonds is 9. The summed E-state index contributed by atoms with van der Waals surface area (Å²) in [6.45, 7) is 6.02. The highest BCUT2D eigenvalue weighted by molar-refractivity contribution is 7.87. The Morgan fingerprint density at radius 2 is 1.71 bits per heavy atom. The maximum absolute atomic E-state index is 12.1. The van der Waals surface area contributed by atoms with Gasteiger partial charge < -0.3 is 15.2 Å². The van der Waals surface area contributed by atoms with E-state index in [0.717, 1.165) is 6.92 Å². The van der Waals surface area contributed by atoms with Gasteiger partial charge in [-0.15, -0.1) is 12.4 Å². The van der Waals surface area contributed by atoms with E-state index in [2.05, 4.69) is 5.32 Å². The topological polar surface area (TPSA) is 136 Å². The normalized spacial score (nSPS) is 14.0. The zero-order chi connectivity index (χ0) is 18.4. The second-order valence-electron chi connectivity index (χ2n) is 5.67. The van der Waals surface area contributed by atoms with Crippen molar-refractivity contribution < 1.29 is 36.8 Å². The molecule has 142 valence electrons. The van der Waals surface area contributed by atoms with Gasteiger partial charge in [0.1, 0.15) is 0 Å². The summed E-state index contributed by atoms with van der Waals surface area (Å²) >= 11 is 0. The molecule has 0 saturated heterocycles. The molecule has 0 aromatic carbocycles. The van der Waals surface area contributed by atoms with Gasteiger partial charge in [0.15, 0.2) is 5.37 Å². The monoisotopic (exact) mass is 389 g/mol. The number of halogens is 1. The minimum Gasteiger partial charge on any atom is -0.478 e. The average Bonchev–Trinajstić information content (AvgIpc) is 2.39. The number of hydrogen-bond donors (Lipinski definition) is 2. The molecule has 0 aliphatic rings. The summed E-state index contributed by atoms with van der Waals surface area (Å²) in [5.74, 6) is -2.76. The quantitative estimate of drug-likeness (QED) is 0.433. The summed E-state index contributed by atoms with van der Waals surface area (Å²) in [7, 11) is -4.15. The molecule has 0 saturated carbocycles. The fraction of sp³-hybridized carbons (Fsp3) is 0.769. The van der Waals surface area contributed by atoms with Crippen LogP contribution in [0.3, 0.4) is 0 Å². The van der Waals surface area contributed by atoms with Crippen molar-refractivity contribution in [2.75, 3.05) is 6.61 Å². The first-order valence-corrected chi connectivity index (χ1v) is 8.36. The lowest BCUT2D eigenvalue weighted by molar-refractivity contribution is -0.172. The van der Waals surface area contributed by atoms with Crippen molar-refractivity contribution >= 4 is 40.4 Å². The van der Waals surface area contributed by atoms with Crippen LogP contribution in [0.1, 0.15) is 41.0 Å². The van der Waals surface area contributed by atoms with Gasteiger partial charge in [0.05, 0.1) is 6.61 Å². The SMILES string of the molecule is CCC(NC(C)=O)S(=O)(=O)OCC(C)(C)[C@@H](OC(C)=O)C(=O)O.Cl. The van der Waals surface area contributed by atoms with E-state index >= 15 is 0 Å². The molecule has 0 radical (unpaired) electrons. The zero-order valence-electron chi connectivity index (χ0n) is 14.2. The molecule has 9 nitrogen and oxygen atoms in total. The Kier molecular flexibility index (Phi) is 10.1. The molecule has 24 heavy (non-hydrogen) atoms. The molecular weight excluding hydrogens is 366 g/mol. The molecule has 0 heterocycles. The number of nitrogens with one attached hydrogen (secondary N) is 1. The van der Waals surface area contributed by atoms with Crippen molar-refractivity contribution in [3.05, 3.63) is 0 Å². The van der Waals surface area contributed by atoms with Crippen LogP contribution in [0.4, 0.5) is 0 Å². The molecule has 0 aromatic rings. The third kappa shape index (κ3) is 7.93. The second kappa shape index (κ2) is 9.80. The number of carbonyl (C=O) groups is 3. The molecule has 0 rings (SSSR count). The van der Waals surface area contributed by atoms with Crippen LogP contribution < -0.4 is 5.32 Å². The summed E-state index contributed by atoms with van der Waals surface area (Å²) in [5, 5.41) is 10.1. The zero-order valence-corrected chi connectivity index (χ0v) is 15.8. The smallest absolute Gasteiger partial charge is 0.345 e. The summed E-state index contributed by atoms with van der Waals surface area (Å²) in [6.07, 6.45) is -1.50. The maximum Gasteiger partial charge on any atom is 0.345 e. The van der Waals surface area contributed by atoms with Crippen LogP contribution in [0.5, 0.6) is 0 Å². The Morgan fingerprint density at radius 3 is 2.04 bits per heavy atom. The Hall–Kier alpha value is -1.39. The lowest BCUT2D eigenvalue weighted by Crippen LogP contribution is -2.45. The van der Waals surface area contributed by atoms with E-state index in [1.165, 1.54) is 20.8 Å². The molecule has 0 aliphatic carbocycles. The van der Waals surface area contributed by atoms with Crippen LogP contribution in [0, 0.1) is 5.41 Å². The third-order valence-corrected chi connectivity index (χ3v) is 4.49. The number of carbonyl (C=O) groups excluding carboxylic acids is 2. The molecular formula is C13H24ClNO8S. The van der Waals surface area contributed by atoms with Gasteiger partial charge in [0.2, 0.25) is 12.0 Å². The number of amides is 1. The van der Waals surface area contributed by atoms with Crippen molar-refractivity contribution in [2.45, 2.75) is 52.5 Å². The predicted octanol–water partition coefficient (Wildman–Crippen LogP) is 0.669. The van der Waals surface area contributed by atoms with Crippen LogP contribution in [-0.4, -0.2) is 49.5 Å². The first-order chi connectivity index (χ1) is 10.3. The number of ether oxygens (including phenoxy) is 1. The molecule has 0 aromatic heterocycles. The van der Waals surface area contributed by atoms with Crippen molar-refractivity contribution in [3.8, 4) is 0 Å². The highest BCUT2D eigenvalue weighted by atomic mass is 35.5. The van der Waals surface area contributed by atoms with E-state index in [9.17, 15) is 22.8 Å². The van der Waals surface area contributed by atoms with Crippen molar-refractivity contribution in [3.63, 3.8) is 0 Å². The van der Waals surface area contributed by atoms with Gasteiger partial charge in [-0.05, 0) is 6.42 Å². The molecule has 0 fully saturated rings. The van der Waals surface area contributed by atoms with E-state index in [1.807, 2.05) is 0 Å². The highest BCUT2D eigenvalue weighted by Gasteiger charge is 2.40. The minimum atomic E-state index is -4.15. The average molecular weight is 390 g/mol. The first kappa shape index (κ1) is 24.9. The van der Waals surface area contributed by atoms with Gasteiger partial charge >= 0.3 is 11.9 Å². The maximum atomic E-state index is 12.1. The Morgan fingerprint density at radius 1 is 1.21 bits per heavy atom. The Balaban J connectivity index is 0. The van der Waals surface area contributed by atoms with Gasteiger partial charge in [0, 0.05) is 19.3 Å². The molecule has 1 unspecified atom stereocenters. The first-order valence-electron chi connectivity index (χ1n) is 6.89. The summed E-state index contributed by atoms with van der Waals surface area (Å²) in [5.41, 5.74) is -1.31. The molecule has 2 N–H and O–H groups in total. The third-order valence-electron chi connectivity index (χ3n) is 2.90. The molecule has 2 atom stereocenters. The molecule has 11 heteroatoms. The number of aliphatic carboxylic acids is 1. The fourth-order valence-corrected chi connectivity index (χ4v) is 3.06. The Bertz CT molecular complexity index is 560. The lowest BCUT2D eigenvalue weighted by Gasteiger charge is -2.30. The van der Waals surface area contributed by atoms with Crippen LogP contribution in [0.15, 0.2) is 0 Å². The van der Waals surface area contributed by atoms with E-state index in [1.54, 1.807) is 6.92 Å². The van der Waals surface area contributed by atoms with Gasteiger partial charge in [0.25, 0.3) is 10.1 Å². The highest BCUT2D eigenvalue weighted by Crippen LogP contribution is 2.26.